The second-order valence-corrected chi connectivity index (χ2v) is 8.03. The summed E-state index contributed by atoms with van der Waals surface area (Å²) < 4.78 is 10.3. The maximum Gasteiger partial charge on any atom is 2.00 e. The van der Waals surface area contributed by atoms with Crippen molar-refractivity contribution in [2.75, 3.05) is 14.2 Å². The second kappa shape index (κ2) is 13.0. The number of fused-ring (bicyclic) bond motifs is 2. The van der Waals surface area contributed by atoms with Crippen molar-refractivity contribution in [3.05, 3.63) is 83.9 Å². The van der Waals surface area contributed by atoms with Crippen molar-refractivity contribution in [1.82, 2.24) is 0 Å². The number of rotatable bonds is 6. The molecular formula is C28H26BaO6. The first-order valence-electron chi connectivity index (χ1n) is 10.8. The molecule has 0 heterocycles. The molecule has 0 aliphatic rings. The van der Waals surface area contributed by atoms with Crippen LogP contribution in [0.25, 0.3) is 21.5 Å². The SMILES string of the molecule is COc1ccc2cc(C(C)C(=O)[O-])ccc2c1.COc1ccc2cc([C@H](C)C(=O)[O-])ccc2c1.[Ba+2]. The van der Waals surface area contributed by atoms with Gasteiger partial charge in [0.05, 0.1) is 14.2 Å². The predicted octanol–water partition coefficient (Wildman–Crippen LogP) is 3.02. The maximum absolute atomic E-state index is 10.8. The molecule has 0 N–H and O–H groups in total. The third kappa shape index (κ3) is 7.25. The molecule has 4 aromatic rings. The largest absolute Gasteiger partial charge is 2.00 e. The molecular weight excluding hydrogens is 570 g/mol. The maximum atomic E-state index is 10.8. The van der Waals surface area contributed by atoms with Crippen molar-refractivity contribution in [2.45, 2.75) is 25.7 Å². The molecule has 4 rings (SSSR count). The fourth-order valence-electron chi connectivity index (χ4n) is 3.55. The van der Waals surface area contributed by atoms with Gasteiger partial charge < -0.3 is 29.3 Å². The van der Waals surface area contributed by atoms with E-state index in [4.69, 9.17) is 9.47 Å². The molecule has 176 valence electrons. The van der Waals surface area contributed by atoms with Gasteiger partial charge in [0.2, 0.25) is 0 Å². The van der Waals surface area contributed by atoms with Crippen LogP contribution < -0.4 is 19.7 Å². The van der Waals surface area contributed by atoms with E-state index in [1.807, 2.05) is 72.8 Å². The van der Waals surface area contributed by atoms with Crippen LogP contribution in [0.2, 0.25) is 0 Å². The van der Waals surface area contributed by atoms with Crippen LogP contribution in [0.4, 0.5) is 0 Å². The van der Waals surface area contributed by atoms with Crippen LogP contribution in [0.5, 0.6) is 11.5 Å². The Morgan fingerprint density at radius 1 is 0.600 bits per heavy atom. The van der Waals surface area contributed by atoms with Gasteiger partial charge in [0.25, 0.3) is 0 Å². The summed E-state index contributed by atoms with van der Waals surface area (Å²) in [6.07, 6.45) is 0. The topological polar surface area (TPSA) is 98.7 Å². The molecule has 0 aliphatic carbocycles. The van der Waals surface area contributed by atoms with Crippen LogP contribution in [0, 0.1) is 0 Å². The van der Waals surface area contributed by atoms with Gasteiger partial charge >= 0.3 is 48.9 Å². The molecule has 0 aliphatic heterocycles. The van der Waals surface area contributed by atoms with Crippen molar-refractivity contribution >= 4 is 82.4 Å². The van der Waals surface area contributed by atoms with E-state index in [-0.39, 0.29) is 48.9 Å². The minimum Gasteiger partial charge on any atom is -0.550 e. The summed E-state index contributed by atoms with van der Waals surface area (Å²) in [6.45, 7) is 3.25. The molecule has 35 heavy (non-hydrogen) atoms. The van der Waals surface area contributed by atoms with Crippen molar-refractivity contribution in [1.29, 1.82) is 0 Å². The van der Waals surface area contributed by atoms with Gasteiger partial charge in [-0.3, -0.25) is 0 Å². The molecule has 0 aromatic heterocycles. The van der Waals surface area contributed by atoms with Gasteiger partial charge in [-0.15, -0.1) is 0 Å². The molecule has 6 nitrogen and oxygen atoms in total. The van der Waals surface area contributed by atoms with E-state index in [1.54, 1.807) is 28.1 Å². The first-order valence-corrected chi connectivity index (χ1v) is 10.8. The van der Waals surface area contributed by atoms with Crippen molar-refractivity contribution in [3.63, 3.8) is 0 Å². The number of carboxylic acids is 2. The minimum absolute atomic E-state index is 0. The fourth-order valence-corrected chi connectivity index (χ4v) is 3.55. The van der Waals surface area contributed by atoms with Gasteiger partial charge in [-0.2, -0.15) is 0 Å². The minimum atomic E-state index is -1.06. The van der Waals surface area contributed by atoms with Crippen molar-refractivity contribution in [3.8, 4) is 11.5 Å². The number of carboxylic acid groups (broad SMARTS) is 2. The van der Waals surface area contributed by atoms with Crippen LogP contribution >= 0.6 is 0 Å². The summed E-state index contributed by atoms with van der Waals surface area (Å²) in [5.41, 5.74) is 1.50. The number of hydrogen-bond donors (Lipinski definition) is 0. The van der Waals surface area contributed by atoms with E-state index in [1.165, 1.54) is 0 Å². The zero-order valence-electron chi connectivity index (χ0n) is 20.2. The number of carbonyl (C=O) groups excluding carboxylic acids is 2. The van der Waals surface area contributed by atoms with Gasteiger partial charge in [0.15, 0.2) is 0 Å². The summed E-state index contributed by atoms with van der Waals surface area (Å²) in [7, 11) is 3.24. The molecule has 0 fully saturated rings. The van der Waals surface area contributed by atoms with Crippen molar-refractivity contribution < 1.29 is 29.3 Å². The Hall–Kier alpha value is -2.49. The molecule has 0 radical (unpaired) electrons. The smallest absolute Gasteiger partial charge is 0.550 e. The molecule has 0 amide bonds. The predicted molar refractivity (Wildman–Crippen MR) is 134 cm³/mol. The van der Waals surface area contributed by atoms with Gasteiger partial charge in [-0.1, -0.05) is 62.4 Å². The van der Waals surface area contributed by atoms with Gasteiger partial charge in [0.1, 0.15) is 11.5 Å². The van der Waals surface area contributed by atoms with Crippen LogP contribution in [0.15, 0.2) is 72.8 Å². The molecule has 0 spiro atoms. The number of carbonyl (C=O) groups is 2. The van der Waals surface area contributed by atoms with E-state index in [0.29, 0.717) is 0 Å². The number of benzene rings is 4. The third-order valence-corrected chi connectivity index (χ3v) is 5.85. The summed E-state index contributed by atoms with van der Waals surface area (Å²) in [4.78, 5) is 21.6. The van der Waals surface area contributed by atoms with Gasteiger partial charge in [-0.05, 0) is 56.9 Å². The number of hydrogen-bond acceptors (Lipinski definition) is 6. The zero-order chi connectivity index (χ0) is 24.8. The molecule has 0 saturated heterocycles. The summed E-state index contributed by atoms with van der Waals surface area (Å²) >= 11 is 0. The van der Waals surface area contributed by atoms with Crippen LogP contribution in [0.1, 0.15) is 36.8 Å². The van der Waals surface area contributed by atoms with Gasteiger partial charge in [-0.25, -0.2) is 0 Å². The van der Waals surface area contributed by atoms with E-state index in [0.717, 1.165) is 44.2 Å². The Labute approximate surface area is 244 Å². The average Bonchev–Trinajstić information content (AvgIpc) is 2.86. The molecule has 4 aromatic carbocycles. The van der Waals surface area contributed by atoms with E-state index in [9.17, 15) is 19.8 Å². The Morgan fingerprint density at radius 3 is 1.23 bits per heavy atom. The normalized spacial score (nSPS) is 12.0. The standard InChI is InChI=1S/2C14H14O3.Ba/c2*1-9(14(15)16)10-3-4-12-8-13(17-2)6-5-11(12)7-10;/h2*3-9H,1-2H3,(H,15,16);/q;;+2/p-2/t9-;;/m0../s1. The van der Waals surface area contributed by atoms with Crippen LogP contribution in [-0.4, -0.2) is 75.0 Å². The number of ether oxygens (including phenoxy) is 2. The summed E-state index contributed by atoms with van der Waals surface area (Å²) in [6, 6.07) is 22.5. The Bertz CT molecular complexity index is 1230. The molecule has 2 atom stereocenters. The summed E-state index contributed by atoms with van der Waals surface area (Å²) in [5, 5.41) is 25.7. The molecule has 0 saturated carbocycles. The quantitative estimate of drug-likeness (QED) is 0.318. The monoisotopic (exact) mass is 596 g/mol. The number of methoxy groups -OCH3 is 2. The first-order chi connectivity index (χ1) is 16.2. The van der Waals surface area contributed by atoms with Crippen molar-refractivity contribution in [2.24, 2.45) is 0 Å². The van der Waals surface area contributed by atoms with E-state index < -0.39 is 23.8 Å². The third-order valence-electron chi connectivity index (χ3n) is 5.85. The molecule has 7 heteroatoms. The Balaban J connectivity index is 0.000000240. The van der Waals surface area contributed by atoms with E-state index in [2.05, 4.69) is 0 Å². The zero-order valence-corrected chi connectivity index (χ0v) is 24.7. The number of aliphatic carboxylic acids is 2. The molecule has 0 bridgehead atoms. The van der Waals surface area contributed by atoms with Crippen LogP contribution in [0.3, 0.4) is 0 Å². The Kier molecular flexibility index (Phi) is 10.7. The fraction of sp³-hybridized carbons (Fsp3) is 0.214. The Morgan fingerprint density at radius 2 is 0.914 bits per heavy atom. The first kappa shape index (κ1) is 28.7. The van der Waals surface area contributed by atoms with Crippen LogP contribution in [-0.2, 0) is 9.59 Å². The average molecular weight is 596 g/mol. The summed E-state index contributed by atoms with van der Waals surface area (Å²) in [5.74, 6) is -1.73. The second-order valence-electron chi connectivity index (χ2n) is 8.03. The van der Waals surface area contributed by atoms with Gasteiger partial charge in [0, 0.05) is 23.8 Å². The van der Waals surface area contributed by atoms with E-state index >= 15 is 0 Å². The molecule has 1 unspecified atom stereocenters.